The fourth-order valence-electron chi connectivity index (χ4n) is 3.07. The van der Waals surface area contributed by atoms with Gasteiger partial charge in [-0.2, -0.15) is 18.3 Å². The number of hydrogen-bond donors (Lipinski definition) is 0. The molecule has 134 valence electrons. The number of para-hydroxylation sites is 1. The van der Waals surface area contributed by atoms with Crippen molar-refractivity contribution in [3.05, 3.63) is 46.7 Å². The molecule has 1 aliphatic heterocycles. The zero-order valence-electron chi connectivity index (χ0n) is 13.6. The van der Waals surface area contributed by atoms with Crippen LogP contribution in [0.5, 0.6) is 0 Å². The van der Waals surface area contributed by atoms with E-state index in [0.29, 0.717) is 17.8 Å². The van der Waals surface area contributed by atoms with Crippen LogP contribution in [0.15, 0.2) is 30.3 Å². The van der Waals surface area contributed by atoms with Crippen LogP contribution in [-0.4, -0.2) is 39.9 Å². The number of alkyl halides is 3. The maximum atomic E-state index is 13.0. The first kappa shape index (κ1) is 17.8. The Labute approximate surface area is 148 Å². The van der Waals surface area contributed by atoms with Gasteiger partial charge in [-0.1, -0.05) is 29.8 Å². The molecule has 0 bridgehead atoms. The van der Waals surface area contributed by atoms with Crippen LogP contribution in [0.4, 0.5) is 13.2 Å². The fourth-order valence-corrected chi connectivity index (χ4v) is 3.42. The molecule has 1 saturated heterocycles. The molecule has 0 aliphatic carbocycles. The first-order valence-electron chi connectivity index (χ1n) is 7.95. The molecule has 0 spiro atoms. The Hall–Kier alpha value is -2.02. The number of carbonyl (C=O) groups excluding carboxylic acids is 1. The number of carbonyl (C=O) groups is 1. The lowest BCUT2D eigenvalue weighted by Gasteiger charge is -2.33. The minimum absolute atomic E-state index is 0.0449. The third-order valence-electron chi connectivity index (χ3n) is 4.39. The quantitative estimate of drug-likeness (QED) is 0.791. The van der Waals surface area contributed by atoms with E-state index in [9.17, 15) is 18.0 Å². The third kappa shape index (κ3) is 3.51. The van der Waals surface area contributed by atoms with E-state index >= 15 is 0 Å². The standard InChI is InChI=1S/C17H17ClF3N3O/c1-11-14(15(18)24(22-11)13-7-3-2-4-8-13)16(25)23-9-5-6-12(10-23)17(19,20)21/h2-4,7-8,12H,5-6,9-10H2,1H3/t12-/m1/s1. The summed E-state index contributed by atoms with van der Waals surface area (Å²) in [6, 6.07) is 9.02. The van der Waals surface area contributed by atoms with Crippen LogP contribution in [0.1, 0.15) is 28.9 Å². The highest BCUT2D eigenvalue weighted by atomic mass is 35.5. The first-order chi connectivity index (χ1) is 11.8. The fraction of sp³-hybridized carbons (Fsp3) is 0.412. The van der Waals surface area contributed by atoms with Crippen molar-refractivity contribution in [2.75, 3.05) is 13.1 Å². The summed E-state index contributed by atoms with van der Waals surface area (Å²) in [5, 5.41) is 4.39. The summed E-state index contributed by atoms with van der Waals surface area (Å²) >= 11 is 6.34. The SMILES string of the molecule is Cc1nn(-c2ccccc2)c(Cl)c1C(=O)N1CCC[C@@H](C(F)(F)F)C1. The predicted molar refractivity (Wildman–Crippen MR) is 88.0 cm³/mol. The first-order valence-corrected chi connectivity index (χ1v) is 8.33. The number of rotatable bonds is 2. The van der Waals surface area contributed by atoms with E-state index in [0.717, 1.165) is 0 Å². The molecule has 3 rings (SSSR count). The van der Waals surface area contributed by atoms with Gasteiger partial charge < -0.3 is 4.90 Å². The topological polar surface area (TPSA) is 38.1 Å². The van der Waals surface area contributed by atoms with Gasteiger partial charge in [0.15, 0.2) is 0 Å². The van der Waals surface area contributed by atoms with Gasteiger partial charge in [0.2, 0.25) is 0 Å². The molecule has 4 nitrogen and oxygen atoms in total. The second-order valence-electron chi connectivity index (χ2n) is 6.13. The Bertz CT molecular complexity index is 773. The number of hydrogen-bond acceptors (Lipinski definition) is 2. The van der Waals surface area contributed by atoms with E-state index in [-0.39, 0.29) is 30.2 Å². The summed E-state index contributed by atoms with van der Waals surface area (Å²) in [4.78, 5) is 14.0. The number of aryl methyl sites for hydroxylation is 1. The van der Waals surface area contributed by atoms with Crippen LogP contribution in [0.3, 0.4) is 0 Å². The van der Waals surface area contributed by atoms with Gasteiger partial charge in [0.25, 0.3) is 5.91 Å². The van der Waals surface area contributed by atoms with Crippen LogP contribution in [-0.2, 0) is 0 Å². The average Bonchev–Trinajstić information content (AvgIpc) is 2.89. The van der Waals surface area contributed by atoms with Gasteiger partial charge in [-0.15, -0.1) is 0 Å². The maximum Gasteiger partial charge on any atom is 0.393 e. The summed E-state index contributed by atoms with van der Waals surface area (Å²) in [6.45, 7) is 1.58. The second-order valence-corrected chi connectivity index (χ2v) is 6.49. The zero-order chi connectivity index (χ0) is 18.2. The molecule has 1 fully saturated rings. The molecule has 0 unspecified atom stereocenters. The van der Waals surface area contributed by atoms with Crippen LogP contribution >= 0.6 is 11.6 Å². The van der Waals surface area contributed by atoms with Crippen molar-refractivity contribution in [3.63, 3.8) is 0 Å². The van der Waals surface area contributed by atoms with E-state index in [1.54, 1.807) is 19.1 Å². The number of nitrogens with zero attached hydrogens (tertiary/aromatic N) is 3. The number of amides is 1. The smallest absolute Gasteiger partial charge is 0.338 e. The van der Waals surface area contributed by atoms with E-state index < -0.39 is 18.0 Å². The summed E-state index contributed by atoms with van der Waals surface area (Å²) in [7, 11) is 0. The van der Waals surface area contributed by atoms with E-state index in [1.165, 1.54) is 9.58 Å². The Balaban J connectivity index is 1.89. The molecule has 2 aromatic rings. The largest absolute Gasteiger partial charge is 0.393 e. The lowest BCUT2D eigenvalue weighted by molar-refractivity contribution is -0.184. The predicted octanol–water partition coefficient (Wildman–Crippen LogP) is 4.25. The Morgan fingerprint density at radius 1 is 1.28 bits per heavy atom. The van der Waals surface area contributed by atoms with E-state index in [4.69, 9.17) is 11.6 Å². The van der Waals surface area contributed by atoms with Crippen molar-refractivity contribution >= 4 is 17.5 Å². The lowest BCUT2D eigenvalue weighted by atomic mass is 9.97. The Morgan fingerprint density at radius 3 is 2.60 bits per heavy atom. The van der Waals surface area contributed by atoms with Crippen molar-refractivity contribution in [2.24, 2.45) is 5.92 Å². The molecule has 1 amide bonds. The molecule has 25 heavy (non-hydrogen) atoms. The highest BCUT2D eigenvalue weighted by Crippen LogP contribution is 2.34. The van der Waals surface area contributed by atoms with Crippen molar-refractivity contribution in [1.29, 1.82) is 0 Å². The number of benzene rings is 1. The molecule has 8 heteroatoms. The second kappa shape index (κ2) is 6.71. The molecule has 0 saturated carbocycles. The van der Waals surface area contributed by atoms with Gasteiger partial charge in [-0.3, -0.25) is 4.79 Å². The molecule has 2 heterocycles. The van der Waals surface area contributed by atoms with Gasteiger partial charge in [-0.05, 0) is 31.9 Å². The third-order valence-corrected chi connectivity index (χ3v) is 4.74. The minimum atomic E-state index is -4.30. The van der Waals surface area contributed by atoms with Crippen molar-refractivity contribution in [3.8, 4) is 5.69 Å². The molecule has 0 radical (unpaired) electrons. The highest BCUT2D eigenvalue weighted by molar-refractivity contribution is 6.33. The van der Waals surface area contributed by atoms with Crippen LogP contribution in [0, 0.1) is 12.8 Å². The monoisotopic (exact) mass is 371 g/mol. The maximum absolute atomic E-state index is 13.0. The average molecular weight is 372 g/mol. The molecular weight excluding hydrogens is 355 g/mol. The summed E-state index contributed by atoms with van der Waals surface area (Å²) < 4.78 is 40.4. The summed E-state index contributed by atoms with van der Waals surface area (Å²) in [5.41, 5.74) is 1.24. The van der Waals surface area contributed by atoms with Gasteiger partial charge in [0.05, 0.1) is 22.9 Å². The van der Waals surface area contributed by atoms with Crippen molar-refractivity contribution < 1.29 is 18.0 Å². The van der Waals surface area contributed by atoms with Crippen LogP contribution in [0.25, 0.3) is 5.69 Å². The molecule has 1 aromatic heterocycles. The van der Waals surface area contributed by atoms with Gasteiger partial charge >= 0.3 is 6.18 Å². The molecular formula is C17H17ClF3N3O. The van der Waals surface area contributed by atoms with Gasteiger partial charge in [0.1, 0.15) is 5.15 Å². The molecule has 1 aromatic carbocycles. The number of piperidine rings is 1. The highest BCUT2D eigenvalue weighted by Gasteiger charge is 2.43. The molecule has 1 aliphatic rings. The Kier molecular flexibility index (Phi) is 4.77. The van der Waals surface area contributed by atoms with Crippen molar-refractivity contribution in [2.45, 2.75) is 25.9 Å². The lowest BCUT2D eigenvalue weighted by Crippen LogP contribution is -2.44. The van der Waals surface area contributed by atoms with Gasteiger partial charge in [-0.25, -0.2) is 4.68 Å². The van der Waals surface area contributed by atoms with E-state index in [2.05, 4.69) is 5.10 Å². The normalized spacial score (nSPS) is 18.4. The number of halogens is 4. The number of likely N-dealkylation sites (tertiary alicyclic amines) is 1. The van der Waals surface area contributed by atoms with E-state index in [1.807, 2.05) is 18.2 Å². The number of aromatic nitrogens is 2. The molecule has 0 N–H and O–H groups in total. The zero-order valence-corrected chi connectivity index (χ0v) is 14.3. The summed E-state index contributed by atoms with van der Waals surface area (Å²) in [5.74, 6) is -1.99. The Morgan fingerprint density at radius 2 is 1.96 bits per heavy atom. The summed E-state index contributed by atoms with van der Waals surface area (Å²) in [6.07, 6.45) is -3.94. The van der Waals surface area contributed by atoms with Crippen LogP contribution in [0.2, 0.25) is 5.15 Å². The van der Waals surface area contributed by atoms with Crippen LogP contribution < -0.4 is 0 Å². The van der Waals surface area contributed by atoms with Crippen molar-refractivity contribution in [1.82, 2.24) is 14.7 Å². The molecule has 1 atom stereocenters. The minimum Gasteiger partial charge on any atom is -0.338 e. The van der Waals surface area contributed by atoms with Gasteiger partial charge in [0, 0.05) is 13.1 Å².